The van der Waals surface area contributed by atoms with Crippen LogP contribution in [-0.4, -0.2) is 39.9 Å². The third kappa shape index (κ3) is 8.37. The minimum atomic E-state index is -0.881. The highest BCUT2D eigenvalue weighted by molar-refractivity contribution is 5.90. The van der Waals surface area contributed by atoms with Gasteiger partial charge < -0.3 is 24.3 Å². The monoisotopic (exact) mass is 557 g/mol. The zero-order chi connectivity index (χ0) is 29.2. The molecule has 2 N–H and O–H groups in total. The molecule has 7 nitrogen and oxygen atoms in total. The van der Waals surface area contributed by atoms with Gasteiger partial charge in [-0.15, -0.1) is 0 Å². The topological polar surface area (TPSA) is 98.0 Å². The molecule has 0 aliphatic carbocycles. The molecule has 0 fully saturated rings. The standard InChI is InChI=1S/C34H39NO6/c1-24-8-5-9-25(2)34(24)41-21-4-3-20-40-29-17-14-26(15-18-29)13-16-27-10-6-11-30-33(27)28(22-32(38)39)23-35(30)19-7-12-31(36)37/h5-6,8-11,14-15,17-18,23H,3-4,7,12-13,16,19-22H2,1-2H3,(H,36,37)(H,38,39). The molecule has 0 aliphatic rings. The third-order valence-electron chi connectivity index (χ3n) is 7.27. The number of rotatable bonds is 16. The maximum Gasteiger partial charge on any atom is 0.307 e. The Balaban J connectivity index is 1.29. The number of hydrogen-bond acceptors (Lipinski definition) is 4. The van der Waals surface area contributed by atoms with E-state index in [0.29, 0.717) is 26.2 Å². The van der Waals surface area contributed by atoms with Gasteiger partial charge in [0.1, 0.15) is 11.5 Å². The van der Waals surface area contributed by atoms with Crippen LogP contribution >= 0.6 is 0 Å². The molecule has 0 amide bonds. The number of aliphatic carboxylic acids is 2. The summed E-state index contributed by atoms with van der Waals surface area (Å²) in [5.41, 5.74) is 6.31. The summed E-state index contributed by atoms with van der Waals surface area (Å²) < 4.78 is 13.9. The van der Waals surface area contributed by atoms with Crippen molar-refractivity contribution in [2.24, 2.45) is 0 Å². The lowest BCUT2D eigenvalue weighted by molar-refractivity contribution is -0.137. The van der Waals surface area contributed by atoms with Gasteiger partial charge in [0.2, 0.25) is 0 Å². The van der Waals surface area contributed by atoms with E-state index in [1.807, 2.05) is 41.1 Å². The second kappa shape index (κ2) is 14.4. The molecule has 4 aromatic rings. The molecule has 0 bridgehead atoms. The minimum absolute atomic E-state index is 0.0663. The number of ether oxygens (including phenoxy) is 2. The fourth-order valence-corrected chi connectivity index (χ4v) is 5.24. The average molecular weight is 558 g/mol. The van der Waals surface area contributed by atoms with Crippen LogP contribution in [0.1, 0.15) is 53.5 Å². The number of carboxylic acids is 2. The van der Waals surface area contributed by atoms with E-state index in [2.05, 4.69) is 44.2 Å². The lowest BCUT2D eigenvalue weighted by Gasteiger charge is -2.12. The van der Waals surface area contributed by atoms with Gasteiger partial charge in [-0.05, 0) is 92.0 Å². The molecule has 0 aliphatic heterocycles. The Morgan fingerprint density at radius 2 is 1.44 bits per heavy atom. The Morgan fingerprint density at radius 1 is 0.756 bits per heavy atom. The van der Waals surface area contributed by atoms with E-state index in [-0.39, 0.29) is 12.8 Å². The number of para-hydroxylation sites is 1. The number of carboxylic acid groups (broad SMARTS) is 2. The van der Waals surface area contributed by atoms with Gasteiger partial charge >= 0.3 is 11.9 Å². The number of fused-ring (bicyclic) bond motifs is 1. The molecule has 0 saturated carbocycles. The number of hydrogen-bond donors (Lipinski definition) is 2. The Hall–Kier alpha value is -4.26. The van der Waals surface area contributed by atoms with Crippen molar-refractivity contribution in [3.63, 3.8) is 0 Å². The summed E-state index contributed by atoms with van der Waals surface area (Å²) >= 11 is 0. The Bertz CT molecular complexity index is 1450. The number of aromatic nitrogens is 1. The molecule has 0 spiro atoms. The first-order chi connectivity index (χ1) is 19.8. The Kier molecular flexibility index (Phi) is 10.4. The summed E-state index contributed by atoms with van der Waals surface area (Å²) in [6.45, 7) is 5.97. The predicted octanol–water partition coefficient (Wildman–Crippen LogP) is 6.77. The molecular formula is C34H39NO6. The number of carbonyl (C=O) groups is 2. The predicted molar refractivity (Wildman–Crippen MR) is 160 cm³/mol. The van der Waals surface area contributed by atoms with Crippen LogP contribution in [-0.2, 0) is 35.4 Å². The van der Waals surface area contributed by atoms with Crippen LogP contribution in [0.15, 0.2) is 66.9 Å². The first-order valence-corrected chi connectivity index (χ1v) is 14.3. The lowest BCUT2D eigenvalue weighted by Crippen LogP contribution is -2.04. The smallest absolute Gasteiger partial charge is 0.307 e. The van der Waals surface area contributed by atoms with Gasteiger partial charge in [0.05, 0.1) is 19.6 Å². The van der Waals surface area contributed by atoms with Crippen LogP contribution < -0.4 is 9.47 Å². The molecule has 0 atom stereocenters. The number of benzene rings is 3. The van der Waals surface area contributed by atoms with Gasteiger partial charge in [-0.25, -0.2) is 0 Å². The fraction of sp³-hybridized carbons (Fsp3) is 0.353. The van der Waals surface area contributed by atoms with Crippen molar-refractivity contribution in [1.29, 1.82) is 0 Å². The van der Waals surface area contributed by atoms with Gasteiger partial charge in [0, 0.05) is 30.1 Å². The van der Waals surface area contributed by atoms with Crippen molar-refractivity contribution in [3.05, 3.63) is 94.7 Å². The first-order valence-electron chi connectivity index (χ1n) is 14.3. The van der Waals surface area contributed by atoms with Crippen LogP contribution in [0, 0.1) is 13.8 Å². The van der Waals surface area contributed by atoms with Gasteiger partial charge in [-0.2, -0.15) is 0 Å². The molecule has 3 aromatic carbocycles. The van der Waals surface area contributed by atoms with Crippen LogP contribution in [0.4, 0.5) is 0 Å². The quantitative estimate of drug-likeness (QED) is 0.148. The SMILES string of the molecule is Cc1cccc(C)c1OCCCCOc1ccc(CCc2cccc3c2c(CC(=O)O)cn3CCCC(=O)O)cc1. The van der Waals surface area contributed by atoms with E-state index in [1.54, 1.807) is 0 Å². The molecule has 4 rings (SSSR count). The van der Waals surface area contributed by atoms with E-state index in [0.717, 1.165) is 70.3 Å². The van der Waals surface area contributed by atoms with E-state index in [9.17, 15) is 14.7 Å². The summed E-state index contributed by atoms with van der Waals surface area (Å²) in [7, 11) is 0. The average Bonchev–Trinajstić information content (AvgIpc) is 3.28. The molecule has 0 radical (unpaired) electrons. The second-order valence-corrected chi connectivity index (χ2v) is 10.5. The third-order valence-corrected chi connectivity index (χ3v) is 7.27. The molecule has 0 saturated heterocycles. The largest absolute Gasteiger partial charge is 0.494 e. The summed E-state index contributed by atoms with van der Waals surface area (Å²) in [5, 5.41) is 19.4. The van der Waals surface area contributed by atoms with Crippen LogP contribution in [0.5, 0.6) is 11.5 Å². The second-order valence-electron chi connectivity index (χ2n) is 10.5. The zero-order valence-electron chi connectivity index (χ0n) is 23.9. The van der Waals surface area contributed by atoms with Crippen LogP contribution in [0.2, 0.25) is 0 Å². The number of nitrogens with zero attached hydrogens (tertiary/aromatic N) is 1. The first kappa shape index (κ1) is 29.7. The molecule has 0 unspecified atom stereocenters. The summed E-state index contributed by atoms with van der Waals surface area (Å²) in [4.78, 5) is 22.5. The molecule has 216 valence electrons. The van der Waals surface area contributed by atoms with Gasteiger partial charge in [-0.3, -0.25) is 9.59 Å². The van der Waals surface area contributed by atoms with Crippen molar-refractivity contribution in [2.75, 3.05) is 13.2 Å². The van der Waals surface area contributed by atoms with Crippen molar-refractivity contribution in [2.45, 2.75) is 65.3 Å². The van der Waals surface area contributed by atoms with Crippen molar-refractivity contribution >= 4 is 22.8 Å². The minimum Gasteiger partial charge on any atom is -0.494 e. The van der Waals surface area contributed by atoms with Crippen LogP contribution in [0.3, 0.4) is 0 Å². The lowest BCUT2D eigenvalue weighted by atomic mass is 9.98. The van der Waals surface area contributed by atoms with E-state index < -0.39 is 11.9 Å². The maximum atomic E-state index is 11.6. The van der Waals surface area contributed by atoms with E-state index >= 15 is 0 Å². The summed E-state index contributed by atoms with van der Waals surface area (Å²) in [5.74, 6) is 0.108. The number of unbranched alkanes of at least 4 members (excludes halogenated alkanes) is 1. The summed E-state index contributed by atoms with van der Waals surface area (Å²) in [6, 6.07) is 20.3. The van der Waals surface area contributed by atoms with Crippen molar-refractivity contribution in [3.8, 4) is 11.5 Å². The number of aryl methyl sites for hydroxylation is 5. The molecule has 1 aromatic heterocycles. The van der Waals surface area contributed by atoms with Gasteiger partial charge in [-0.1, -0.05) is 42.5 Å². The van der Waals surface area contributed by atoms with Crippen molar-refractivity contribution < 1.29 is 29.3 Å². The molecule has 7 heteroatoms. The highest BCUT2D eigenvalue weighted by Gasteiger charge is 2.15. The summed E-state index contributed by atoms with van der Waals surface area (Å²) in [6.07, 6.45) is 5.78. The maximum absolute atomic E-state index is 11.6. The zero-order valence-corrected chi connectivity index (χ0v) is 23.9. The fourth-order valence-electron chi connectivity index (χ4n) is 5.24. The van der Waals surface area contributed by atoms with Gasteiger partial charge in [0.15, 0.2) is 0 Å². The van der Waals surface area contributed by atoms with E-state index in [4.69, 9.17) is 14.6 Å². The normalized spacial score (nSPS) is 11.1. The van der Waals surface area contributed by atoms with E-state index in [1.165, 1.54) is 5.56 Å². The Labute approximate surface area is 241 Å². The van der Waals surface area contributed by atoms with Crippen LogP contribution in [0.25, 0.3) is 10.9 Å². The molecule has 1 heterocycles. The highest BCUT2D eigenvalue weighted by Crippen LogP contribution is 2.28. The molecular weight excluding hydrogens is 518 g/mol. The highest BCUT2D eigenvalue weighted by atomic mass is 16.5. The Morgan fingerprint density at radius 3 is 2.12 bits per heavy atom. The molecule has 41 heavy (non-hydrogen) atoms. The van der Waals surface area contributed by atoms with Gasteiger partial charge in [0.25, 0.3) is 0 Å². The van der Waals surface area contributed by atoms with Crippen molar-refractivity contribution in [1.82, 2.24) is 4.57 Å².